The van der Waals surface area contributed by atoms with E-state index in [9.17, 15) is 9.59 Å². The average molecular weight is 300 g/mol. The quantitative estimate of drug-likeness (QED) is 0.897. The molecule has 0 aromatic heterocycles. The third-order valence-electron chi connectivity index (χ3n) is 5.09. The predicted octanol–water partition coefficient (Wildman–Crippen LogP) is 3.13. The summed E-state index contributed by atoms with van der Waals surface area (Å²) in [6.45, 7) is 1.50. The molecule has 0 heterocycles. The maximum absolute atomic E-state index is 12.8. The summed E-state index contributed by atoms with van der Waals surface area (Å²) in [5.74, 6) is 0.114. The summed E-state index contributed by atoms with van der Waals surface area (Å²) in [5.41, 5.74) is 1.50. The number of anilines is 1. The molecule has 2 aliphatic rings. The number of nitrogens with one attached hydrogen (secondary N) is 2. The minimum absolute atomic E-state index is 0.0786. The minimum atomic E-state index is -0.350. The molecule has 0 bridgehead atoms. The molecule has 2 amide bonds. The molecule has 2 aliphatic carbocycles. The highest BCUT2D eigenvalue weighted by Gasteiger charge is 2.46. The zero-order valence-electron chi connectivity index (χ0n) is 13.2. The van der Waals surface area contributed by atoms with Crippen LogP contribution in [-0.4, -0.2) is 17.9 Å². The van der Waals surface area contributed by atoms with Gasteiger partial charge in [0.2, 0.25) is 11.8 Å². The van der Waals surface area contributed by atoms with E-state index in [2.05, 4.69) is 10.6 Å². The maximum atomic E-state index is 12.8. The lowest BCUT2D eigenvalue weighted by Crippen LogP contribution is -2.51. The van der Waals surface area contributed by atoms with Gasteiger partial charge in [0.05, 0.1) is 5.41 Å². The van der Waals surface area contributed by atoms with E-state index in [1.165, 1.54) is 19.8 Å². The molecule has 22 heavy (non-hydrogen) atoms. The van der Waals surface area contributed by atoms with Crippen LogP contribution in [0, 0.1) is 0 Å². The number of benzene rings is 1. The van der Waals surface area contributed by atoms with Gasteiger partial charge in [-0.2, -0.15) is 0 Å². The zero-order valence-corrected chi connectivity index (χ0v) is 13.2. The van der Waals surface area contributed by atoms with E-state index < -0.39 is 0 Å². The van der Waals surface area contributed by atoms with Crippen molar-refractivity contribution in [1.82, 2.24) is 5.32 Å². The van der Waals surface area contributed by atoms with Crippen molar-refractivity contribution in [2.75, 3.05) is 5.32 Å². The van der Waals surface area contributed by atoms with Crippen LogP contribution in [0.25, 0.3) is 0 Å². The van der Waals surface area contributed by atoms with Crippen molar-refractivity contribution in [2.45, 2.75) is 63.3 Å². The number of hydrogen-bond donors (Lipinski definition) is 2. The van der Waals surface area contributed by atoms with Gasteiger partial charge in [-0.05, 0) is 43.4 Å². The second-order valence-electron chi connectivity index (χ2n) is 6.65. The fraction of sp³-hybridized carbons (Fsp3) is 0.556. The lowest BCUT2D eigenvalue weighted by atomic mass is 9.63. The van der Waals surface area contributed by atoms with Gasteiger partial charge in [-0.3, -0.25) is 9.59 Å². The van der Waals surface area contributed by atoms with Crippen molar-refractivity contribution in [3.63, 3.8) is 0 Å². The van der Waals surface area contributed by atoms with E-state index >= 15 is 0 Å². The molecule has 4 nitrogen and oxygen atoms in total. The Morgan fingerprint density at radius 1 is 1.05 bits per heavy atom. The molecule has 118 valence electrons. The van der Waals surface area contributed by atoms with Gasteiger partial charge in [0.25, 0.3) is 0 Å². The van der Waals surface area contributed by atoms with Crippen LogP contribution < -0.4 is 10.6 Å². The molecule has 0 aliphatic heterocycles. The molecule has 3 rings (SSSR count). The van der Waals surface area contributed by atoms with Gasteiger partial charge in [0.15, 0.2) is 0 Å². The third-order valence-corrected chi connectivity index (χ3v) is 5.09. The van der Waals surface area contributed by atoms with Crippen LogP contribution in [0.3, 0.4) is 0 Å². The lowest BCUT2D eigenvalue weighted by Gasteiger charge is -2.41. The zero-order chi connectivity index (χ0) is 15.6. The van der Waals surface area contributed by atoms with Crippen molar-refractivity contribution in [3.05, 3.63) is 29.8 Å². The monoisotopic (exact) mass is 300 g/mol. The first-order chi connectivity index (χ1) is 10.6. The van der Waals surface area contributed by atoms with Gasteiger partial charge in [0, 0.05) is 18.7 Å². The smallest absolute Gasteiger partial charge is 0.230 e. The van der Waals surface area contributed by atoms with E-state index in [1.54, 1.807) is 0 Å². The van der Waals surface area contributed by atoms with Crippen LogP contribution >= 0.6 is 0 Å². The Labute approximate surface area is 131 Å². The maximum Gasteiger partial charge on any atom is 0.230 e. The van der Waals surface area contributed by atoms with Crippen molar-refractivity contribution >= 4 is 17.5 Å². The molecule has 1 aromatic rings. The van der Waals surface area contributed by atoms with Crippen molar-refractivity contribution in [1.29, 1.82) is 0 Å². The number of amides is 2. The molecule has 4 heteroatoms. The molecular formula is C18H24N2O2. The molecular weight excluding hydrogens is 276 g/mol. The highest BCUT2D eigenvalue weighted by Crippen LogP contribution is 2.44. The molecule has 0 saturated heterocycles. The first kappa shape index (κ1) is 15.1. The van der Waals surface area contributed by atoms with E-state index in [0.717, 1.165) is 43.4 Å². The van der Waals surface area contributed by atoms with Crippen LogP contribution in [0.5, 0.6) is 0 Å². The summed E-state index contributed by atoms with van der Waals surface area (Å²) in [6, 6.07) is 8.11. The average Bonchev–Trinajstić information content (AvgIpc) is 2.91. The van der Waals surface area contributed by atoms with Gasteiger partial charge < -0.3 is 10.6 Å². The Kier molecular flexibility index (Phi) is 4.19. The first-order valence-corrected chi connectivity index (χ1v) is 8.29. The largest absolute Gasteiger partial charge is 0.353 e. The van der Waals surface area contributed by atoms with Crippen molar-refractivity contribution in [2.24, 2.45) is 0 Å². The van der Waals surface area contributed by atoms with Crippen LogP contribution in [0.4, 0.5) is 5.69 Å². The van der Waals surface area contributed by atoms with E-state index in [4.69, 9.17) is 0 Å². The number of carbonyl (C=O) groups is 2. The van der Waals surface area contributed by atoms with Gasteiger partial charge in [-0.25, -0.2) is 0 Å². The lowest BCUT2D eigenvalue weighted by molar-refractivity contribution is -0.130. The van der Waals surface area contributed by atoms with E-state index in [-0.39, 0.29) is 17.2 Å². The molecule has 2 saturated carbocycles. The SMILES string of the molecule is CC(=O)Nc1ccc(C2(C(=O)NC3CCCC3)CCC2)cc1. The third kappa shape index (κ3) is 2.87. The van der Waals surface area contributed by atoms with Gasteiger partial charge in [-0.15, -0.1) is 0 Å². The summed E-state index contributed by atoms with van der Waals surface area (Å²) in [6.07, 6.45) is 7.63. The topological polar surface area (TPSA) is 58.2 Å². The fourth-order valence-corrected chi connectivity index (χ4v) is 3.65. The van der Waals surface area contributed by atoms with Gasteiger partial charge in [0.1, 0.15) is 0 Å². The molecule has 2 fully saturated rings. The molecule has 1 aromatic carbocycles. The predicted molar refractivity (Wildman–Crippen MR) is 86.7 cm³/mol. The molecule has 0 radical (unpaired) electrons. The van der Waals surface area contributed by atoms with Gasteiger partial charge >= 0.3 is 0 Å². The number of hydrogen-bond acceptors (Lipinski definition) is 2. The highest BCUT2D eigenvalue weighted by molar-refractivity contribution is 5.91. The Morgan fingerprint density at radius 2 is 1.68 bits per heavy atom. The van der Waals surface area contributed by atoms with Crippen molar-refractivity contribution in [3.8, 4) is 0 Å². The van der Waals surface area contributed by atoms with Crippen molar-refractivity contribution < 1.29 is 9.59 Å². The van der Waals surface area contributed by atoms with Crippen LogP contribution in [0.15, 0.2) is 24.3 Å². The summed E-state index contributed by atoms with van der Waals surface area (Å²) in [4.78, 5) is 23.9. The Morgan fingerprint density at radius 3 is 2.18 bits per heavy atom. The molecule has 0 spiro atoms. The van der Waals surface area contributed by atoms with Crippen LogP contribution in [0.2, 0.25) is 0 Å². The fourth-order valence-electron chi connectivity index (χ4n) is 3.65. The summed E-state index contributed by atoms with van der Waals surface area (Å²) in [7, 11) is 0. The standard InChI is InChI=1S/C18H24N2O2/c1-13(21)19-16-9-7-14(8-10-16)18(11-4-12-18)17(22)20-15-5-2-3-6-15/h7-10,15H,2-6,11-12H2,1H3,(H,19,21)(H,20,22). The molecule has 0 atom stereocenters. The number of carbonyl (C=O) groups excluding carboxylic acids is 2. The Balaban J connectivity index is 1.74. The normalized spacial score (nSPS) is 20.2. The van der Waals surface area contributed by atoms with Crippen LogP contribution in [-0.2, 0) is 15.0 Å². The highest BCUT2D eigenvalue weighted by atomic mass is 16.2. The molecule has 2 N–H and O–H groups in total. The Bertz CT molecular complexity index is 555. The summed E-state index contributed by atoms with van der Waals surface area (Å²) >= 11 is 0. The van der Waals surface area contributed by atoms with E-state index in [0.29, 0.717) is 6.04 Å². The van der Waals surface area contributed by atoms with E-state index in [1.807, 2.05) is 24.3 Å². The first-order valence-electron chi connectivity index (χ1n) is 8.29. The van der Waals surface area contributed by atoms with Crippen LogP contribution in [0.1, 0.15) is 57.4 Å². The Hall–Kier alpha value is -1.84. The second kappa shape index (κ2) is 6.11. The molecule has 0 unspecified atom stereocenters. The van der Waals surface area contributed by atoms with Gasteiger partial charge in [-0.1, -0.05) is 31.4 Å². The number of rotatable bonds is 4. The minimum Gasteiger partial charge on any atom is -0.353 e. The second-order valence-corrected chi connectivity index (χ2v) is 6.65. The summed E-state index contributed by atoms with van der Waals surface area (Å²) < 4.78 is 0. The summed E-state index contributed by atoms with van der Waals surface area (Å²) in [5, 5.41) is 6.03.